The second-order valence-electron chi connectivity index (χ2n) is 7.13. The molecule has 1 aliphatic heterocycles. The van der Waals surface area contributed by atoms with Crippen molar-refractivity contribution in [2.24, 2.45) is 0 Å². The highest BCUT2D eigenvalue weighted by Gasteiger charge is 2.24. The molecule has 1 atom stereocenters. The first-order chi connectivity index (χ1) is 14.8. The molecule has 1 aliphatic rings. The Morgan fingerprint density at radius 1 is 0.867 bits per heavy atom. The number of esters is 1. The third-order valence-electron chi connectivity index (χ3n) is 4.96. The molecule has 0 spiro atoms. The van der Waals surface area contributed by atoms with Gasteiger partial charge in [0.25, 0.3) is 0 Å². The van der Waals surface area contributed by atoms with E-state index in [0.29, 0.717) is 17.9 Å². The number of aryl methyl sites for hydroxylation is 1. The van der Waals surface area contributed by atoms with Crippen molar-refractivity contribution in [3.05, 3.63) is 113 Å². The van der Waals surface area contributed by atoms with E-state index < -0.39 is 0 Å². The molecule has 0 radical (unpaired) electrons. The zero-order chi connectivity index (χ0) is 20.6. The van der Waals surface area contributed by atoms with Gasteiger partial charge in [-0.05, 0) is 35.2 Å². The highest BCUT2D eigenvalue weighted by atomic mass is 32.2. The van der Waals surface area contributed by atoms with Gasteiger partial charge in [0.2, 0.25) is 0 Å². The van der Waals surface area contributed by atoms with E-state index in [4.69, 9.17) is 9.47 Å². The Labute approximate surface area is 181 Å². The summed E-state index contributed by atoms with van der Waals surface area (Å²) in [5.74, 6) is 1.44. The van der Waals surface area contributed by atoms with Crippen molar-refractivity contribution in [2.75, 3.05) is 5.75 Å². The van der Waals surface area contributed by atoms with E-state index in [0.717, 1.165) is 29.1 Å². The van der Waals surface area contributed by atoms with Crippen LogP contribution in [0.2, 0.25) is 0 Å². The largest absolute Gasteiger partial charge is 0.489 e. The van der Waals surface area contributed by atoms with Gasteiger partial charge in [0.05, 0.1) is 4.91 Å². The Kier molecular flexibility index (Phi) is 6.88. The molecule has 0 fully saturated rings. The van der Waals surface area contributed by atoms with Crippen LogP contribution in [-0.4, -0.2) is 11.7 Å². The lowest BCUT2D eigenvalue weighted by Gasteiger charge is -2.22. The summed E-state index contributed by atoms with van der Waals surface area (Å²) in [5, 5.41) is 0. The molecule has 152 valence electrons. The van der Waals surface area contributed by atoms with Gasteiger partial charge in [-0.2, -0.15) is 0 Å². The number of cyclic esters (lactones) is 1. The molecule has 4 heteroatoms. The van der Waals surface area contributed by atoms with E-state index in [2.05, 4.69) is 12.1 Å². The van der Waals surface area contributed by atoms with E-state index in [9.17, 15) is 4.79 Å². The summed E-state index contributed by atoms with van der Waals surface area (Å²) in [5.41, 5.74) is 3.40. The van der Waals surface area contributed by atoms with Gasteiger partial charge in [-0.15, -0.1) is 11.8 Å². The van der Waals surface area contributed by atoms with Gasteiger partial charge in [0, 0.05) is 12.2 Å². The molecule has 3 nitrogen and oxygen atoms in total. The molecular weight excluding hydrogens is 392 g/mol. The Hall–Kier alpha value is -2.98. The van der Waals surface area contributed by atoms with Gasteiger partial charge >= 0.3 is 5.97 Å². The van der Waals surface area contributed by atoms with Gasteiger partial charge in [-0.3, -0.25) is 0 Å². The van der Waals surface area contributed by atoms with E-state index in [1.807, 2.05) is 78.9 Å². The average molecular weight is 417 g/mol. The highest BCUT2D eigenvalue weighted by Crippen LogP contribution is 2.33. The minimum atomic E-state index is -0.237. The quantitative estimate of drug-likeness (QED) is 0.415. The van der Waals surface area contributed by atoms with Crippen LogP contribution in [-0.2, 0) is 22.6 Å². The lowest BCUT2D eigenvalue weighted by atomic mass is 10.0. The molecule has 0 bridgehead atoms. The van der Waals surface area contributed by atoms with Crippen molar-refractivity contribution in [1.82, 2.24) is 0 Å². The van der Waals surface area contributed by atoms with E-state index in [1.54, 1.807) is 11.8 Å². The van der Waals surface area contributed by atoms with Crippen LogP contribution in [0.15, 0.2) is 95.9 Å². The highest BCUT2D eigenvalue weighted by molar-refractivity contribution is 8.03. The van der Waals surface area contributed by atoms with E-state index in [-0.39, 0.29) is 12.1 Å². The molecule has 4 rings (SSSR count). The number of thioether (sulfide) groups is 1. The van der Waals surface area contributed by atoms with Gasteiger partial charge in [0.15, 0.2) is 0 Å². The van der Waals surface area contributed by atoms with Crippen LogP contribution in [0, 0.1) is 0 Å². The number of ether oxygens (including phenoxy) is 2. The predicted molar refractivity (Wildman–Crippen MR) is 121 cm³/mol. The number of carbonyl (C=O) groups is 1. The number of benzene rings is 3. The molecular formula is C26H24O3S. The maximum absolute atomic E-state index is 12.4. The lowest BCUT2D eigenvalue weighted by Crippen LogP contribution is -2.17. The standard InChI is InChI=1S/C26H24O3S/c27-26-25(30-18-17-20-7-3-1-4-8-20)16-15-24(29-26)22-11-13-23(14-12-22)28-19-21-9-5-2-6-10-21/h1-14,16,24H,15,17-19H2. The molecule has 1 heterocycles. The second-order valence-corrected chi connectivity index (χ2v) is 8.26. The fourth-order valence-corrected chi connectivity index (χ4v) is 4.24. The minimum Gasteiger partial charge on any atom is -0.489 e. The molecule has 0 saturated heterocycles. The summed E-state index contributed by atoms with van der Waals surface area (Å²) in [6.45, 7) is 0.533. The number of hydrogen-bond donors (Lipinski definition) is 0. The van der Waals surface area contributed by atoms with Crippen LogP contribution in [0.1, 0.15) is 29.2 Å². The summed E-state index contributed by atoms with van der Waals surface area (Å²) < 4.78 is 11.5. The molecule has 3 aromatic carbocycles. The van der Waals surface area contributed by atoms with Crippen LogP contribution in [0.4, 0.5) is 0 Å². The zero-order valence-corrected chi connectivity index (χ0v) is 17.5. The van der Waals surface area contributed by atoms with Crippen molar-refractivity contribution in [2.45, 2.75) is 25.6 Å². The fraction of sp³-hybridized carbons (Fsp3) is 0.192. The third-order valence-corrected chi connectivity index (χ3v) is 6.01. The summed E-state index contributed by atoms with van der Waals surface area (Å²) in [6, 6.07) is 28.2. The number of hydrogen-bond acceptors (Lipinski definition) is 4. The van der Waals surface area contributed by atoms with Crippen LogP contribution in [0.25, 0.3) is 0 Å². The average Bonchev–Trinajstić information content (AvgIpc) is 2.80. The zero-order valence-electron chi connectivity index (χ0n) is 16.7. The number of rotatable bonds is 8. The first-order valence-electron chi connectivity index (χ1n) is 10.1. The van der Waals surface area contributed by atoms with Crippen LogP contribution in [0.3, 0.4) is 0 Å². The van der Waals surface area contributed by atoms with Crippen LogP contribution in [0.5, 0.6) is 5.75 Å². The van der Waals surface area contributed by atoms with Crippen LogP contribution >= 0.6 is 11.8 Å². The molecule has 3 aromatic rings. The number of carbonyl (C=O) groups excluding carboxylic acids is 1. The predicted octanol–water partition coefficient (Wildman–Crippen LogP) is 6.11. The monoisotopic (exact) mass is 416 g/mol. The van der Waals surface area contributed by atoms with E-state index in [1.165, 1.54) is 5.56 Å². The van der Waals surface area contributed by atoms with Crippen molar-refractivity contribution >= 4 is 17.7 Å². The van der Waals surface area contributed by atoms with Crippen molar-refractivity contribution in [1.29, 1.82) is 0 Å². The summed E-state index contributed by atoms with van der Waals surface area (Å²) >= 11 is 1.57. The Balaban J connectivity index is 1.28. The summed E-state index contributed by atoms with van der Waals surface area (Å²) in [4.78, 5) is 13.1. The molecule has 0 aliphatic carbocycles. The molecule has 0 amide bonds. The lowest BCUT2D eigenvalue weighted by molar-refractivity contribution is -0.144. The molecule has 30 heavy (non-hydrogen) atoms. The Bertz CT molecular complexity index is 982. The van der Waals surface area contributed by atoms with Gasteiger partial charge in [0.1, 0.15) is 18.5 Å². The molecule has 1 unspecified atom stereocenters. The maximum Gasteiger partial charge on any atom is 0.344 e. The topological polar surface area (TPSA) is 35.5 Å². The smallest absolute Gasteiger partial charge is 0.344 e. The van der Waals surface area contributed by atoms with Crippen LogP contribution < -0.4 is 4.74 Å². The Morgan fingerprint density at radius 2 is 1.53 bits per heavy atom. The fourth-order valence-electron chi connectivity index (χ4n) is 3.30. The second kappa shape index (κ2) is 10.2. The normalized spacial score (nSPS) is 15.9. The molecule has 0 aromatic heterocycles. The maximum atomic E-state index is 12.4. The third kappa shape index (κ3) is 5.55. The van der Waals surface area contributed by atoms with Crippen molar-refractivity contribution in [3.8, 4) is 5.75 Å². The van der Waals surface area contributed by atoms with Gasteiger partial charge in [-0.1, -0.05) is 78.9 Å². The van der Waals surface area contributed by atoms with Crippen molar-refractivity contribution in [3.63, 3.8) is 0 Å². The first kappa shape index (κ1) is 20.3. The van der Waals surface area contributed by atoms with E-state index >= 15 is 0 Å². The SMILES string of the molecule is O=C1OC(c2ccc(OCc3ccccc3)cc2)CC=C1SCCc1ccccc1. The first-order valence-corrected chi connectivity index (χ1v) is 11.1. The Morgan fingerprint density at radius 3 is 2.20 bits per heavy atom. The van der Waals surface area contributed by atoms with Gasteiger partial charge in [-0.25, -0.2) is 4.79 Å². The molecule has 0 saturated carbocycles. The summed E-state index contributed by atoms with van der Waals surface area (Å²) in [6.07, 6.45) is 3.40. The van der Waals surface area contributed by atoms with Crippen molar-refractivity contribution < 1.29 is 14.3 Å². The minimum absolute atomic E-state index is 0.228. The summed E-state index contributed by atoms with van der Waals surface area (Å²) in [7, 11) is 0. The molecule has 0 N–H and O–H groups in total. The van der Waals surface area contributed by atoms with Gasteiger partial charge < -0.3 is 9.47 Å².